The summed E-state index contributed by atoms with van der Waals surface area (Å²) in [4.78, 5) is 13.6. The van der Waals surface area contributed by atoms with E-state index in [1.165, 1.54) is 0 Å². The number of fused-ring (bicyclic) bond motifs is 1. The zero-order chi connectivity index (χ0) is 12.4. The van der Waals surface area contributed by atoms with Gasteiger partial charge in [0.25, 0.3) is 6.47 Å². The Morgan fingerprint density at radius 3 is 2.82 bits per heavy atom. The van der Waals surface area contributed by atoms with Crippen molar-refractivity contribution < 1.29 is 14.6 Å². The van der Waals surface area contributed by atoms with Gasteiger partial charge in [0.1, 0.15) is 11.9 Å². The van der Waals surface area contributed by atoms with Crippen LogP contribution in [0.1, 0.15) is 25.5 Å². The number of ether oxygens (including phenoxy) is 1. The van der Waals surface area contributed by atoms with Crippen molar-refractivity contribution in [3.8, 4) is 5.75 Å². The minimum absolute atomic E-state index is 0.139. The summed E-state index contributed by atoms with van der Waals surface area (Å²) in [5.74, 6) is 0.301. The molecule has 0 aliphatic heterocycles. The minimum atomic E-state index is -0.349. The molecule has 0 amide bonds. The van der Waals surface area contributed by atoms with Crippen molar-refractivity contribution in [1.82, 2.24) is 4.98 Å². The molecule has 0 spiro atoms. The number of aromatic hydroxyl groups is 1. The number of carbonyl (C=O) groups excluding carboxylic acids is 1. The third-order valence-corrected chi connectivity index (χ3v) is 2.80. The molecule has 90 valence electrons. The molecule has 1 unspecified atom stereocenters. The fraction of sp³-hybridized carbons (Fsp3) is 0.308. The SMILES string of the molecule is CC(C)C(OC=O)c1cc(O)cc2[nH]ccc12. The number of hydrogen-bond donors (Lipinski definition) is 2. The van der Waals surface area contributed by atoms with Crippen LogP contribution in [0, 0.1) is 5.92 Å². The summed E-state index contributed by atoms with van der Waals surface area (Å²) in [5.41, 5.74) is 1.66. The number of aromatic amines is 1. The molecule has 1 heterocycles. The van der Waals surface area contributed by atoms with Gasteiger partial charge in [0.05, 0.1) is 0 Å². The van der Waals surface area contributed by atoms with Crippen LogP contribution in [0.25, 0.3) is 10.9 Å². The van der Waals surface area contributed by atoms with Crippen molar-refractivity contribution >= 4 is 17.4 Å². The number of hydrogen-bond acceptors (Lipinski definition) is 3. The lowest BCUT2D eigenvalue weighted by Gasteiger charge is -2.20. The van der Waals surface area contributed by atoms with E-state index >= 15 is 0 Å². The van der Waals surface area contributed by atoms with Crippen molar-refractivity contribution in [1.29, 1.82) is 0 Å². The molecule has 17 heavy (non-hydrogen) atoms. The van der Waals surface area contributed by atoms with Crippen LogP contribution < -0.4 is 0 Å². The lowest BCUT2D eigenvalue weighted by Crippen LogP contribution is -2.10. The van der Waals surface area contributed by atoms with Crippen molar-refractivity contribution in [3.63, 3.8) is 0 Å². The summed E-state index contributed by atoms with van der Waals surface area (Å²) in [5, 5.41) is 10.6. The van der Waals surface area contributed by atoms with E-state index in [0.717, 1.165) is 16.5 Å². The second-order valence-corrected chi connectivity index (χ2v) is 4.37. The Labute approximate surface area is 99.2 Å². The average molecular weight is 233 g/mol. The van der Waals surface area contributed by atoms with Gasteiger partial charge in [-0.25, -0.2) is 0 Å². The van der Waals surface area contributed by atoms with Crippen LogP contribution in [-0.4, -0.2) is 16.6 Å². The normalized spacial score (nSPS) is 12.9. The molecule has 0 radical (unpaired) electrons. The van der Waals surface area contributed by atoms with E-state index in [9.17, 15) is 9.90 Å². The third kappa shape index (κ3) is 2.11. The zero-order valence-corrected chi connectivity index (χ0v) is 9.81. The lowest BCUT2D eigenvalue weighted by molar-refractivity contribution is -0.135. The smallest absolute Gasteiger partial charge is 0.293 e. The van der Waals surface area contributed by atoms with E-state index in [0.29, 0.717) is 6.47 Å². The van der Waals surface area contributed by atoms with Gasteiger partial charge in [0.2, 0.25) is 0 Å². The molecule has 4 heteroatoms. The Kier molecular flexibility index (Phi) is 3.04. The molecule has 1 aromatic heterocycles. The van der Waals surface area contributed by atoms with Crippen LogP contribution in [0.3, 0.4) is 0 Å². The van der Waals surface area contributed by atoms with Crippen LogP contribution in [0.15, 0.2) is 24.4 Å². The van der Waals surface area contributed by atoms with Gasteiger partial charge in [-0.3, -0.25) is 4.79 Å². The van der Waals surface area contributed by atoms with E-state index in [2.05, 4.69) is 4.98 Å². The Balaban J connectivity index is 2.58. The first-order valence-corrected chi connectivity index (χ1v) is 5.52. The first-order valence-electron chi connectivity index (χ1n) is 5.52. The van der Waals surface area contributed by atoms with E-state index in [1.54, 1.807) is 18.3 Å². The fourth-order valence-electron chi connectivity index (χ4n) is 2.06. The maximum atomic E-state index is 10.6. The van der Waals surface area contributed by atoms with Crippen LogP contribution in [0.5, 0.6) is 5.75 Å². The second-order valence-electron chi connectivity index (χ2n) is 4.37. The van der Waals surface area contributed by atoms with Crippen LogP contribution in [0.4, 0.5) is 0 Å². The predicted molar refractivity (Wildman–Crippen MR) is 64.7 cm³/mol. The first-order chi connectivity index (χ1) is 8.13. The molecular weight excluding hydrogens is 218 g/mol. The van der Waals surface area contributed by atoms with Crippen molar-refractivity contribution in [2.45, 2.75) is 20.0 Å². The van der Waals surface area contributed by atoms with Gasteiger partial charge < -0.3 is 14.8 Å². The minimum Gasteiger partial charge on any atom is -0.508 e. The summed E-state index contributed by atoms with van der Waals surface area (Å²) in [6.07, 6.45) is 1.45. The summed E-state index contributed by atoms with van der Waals surface area (Å²) < 4.78 is 5.12. The molecule has 0 saturated heterocycles. The van der Waals surface area contributed by atoms with E-state index in [1.807, 2.05) is 19.9 Å². The number of rotatable bonds is 4. The molecule has 2 aromatic rings. The number of aromatic nitrogens is 1. The lowest BCUT2D eigenvalue weighted by atomic mass is 9.96. The number of carbonyl (C=O) groups is 1. The average Bonchev–Trinajstić information content (AvgIpc) is 2.72. The Hall–Kier alpha value is -1.97. The highest BCUT2D eigenvalue weighted by atomic mass is 16.5. The molecular formula is C13H15NO3. The van der Waals surface area contributed by atoms with E-state index in [-0.39, 0.29) is 17.8 Å². The van der Waals surface area contributed by atoms with Crippen molar-refractivity contribution in [2.24, 2.45) is 5.92 Å². The molecule has 0 aliphatic rings. The maximum absolute atomic E-state index is 10.6. The molecule has 0 saturated carbocycles. The summed E-state index contributed by atoms with van der Waals surface area (Å²) in [6.45, 7) is 4.39. The number of nitrogens with one attached hydrogen (secondary N) is 1. The Bertz CT molecular complexity index is 530. The highest BCUT2D eigenvalue weighted by Crippen LogP contribution is 2.33. The van der Waals surface area contributed by atoms with E-state index < -0.39 is 0 Å². The van der Waals surface area contributed by atoms with E-state index in [4.69, 9.17) is 4.74 Å². The largest absolute Gasteiger partial charge is 0.508 e. The zero-order valence-electron chi connectivity index (χ0n) is 9.81. The topological polar surface area (TPSA) is 62.3 Å². The van der Waals surface area contributed by atoms with Gasteiger partial charge in [-0.15, -0.1) is 0 Å². The van der Waals surface area contributed by atoms with Crippen molar-refractivity contribution in [2.75, 3.05) is 0 Å². The van der Waals surface area contributed by atoms with Gasteiger partial charge in [-0.1, -0.05) is 13.8 Å². The number of H-pyrrole nitrogens is 1. The second kappa shape index (κ2) is 4.49. The van der Waals surface area contributed by atoms with Crippen LogP contribution >= 0.6 is 0 Å². The molecule has 0 bridgehead atoms. The summed E-state index contributed by atoms with van der Waals surface area (Å²) in [7, 11) is 0. The number of phenolic OH excluding ortho intramolecular Hbond substituents is 1. The van der Waals surface area contributed by atoms with Crippen LogP contribution in [0.2, 0.25) is 0 Å². The highest BCUT2D eigenvalue weighted by Gasteiger charge is 2.20. The molecule has 2 N–H and O–H groups in total. The van der Waals surface area contributed by atoms with Crippen LogP contribution in [-0.2, 0) is 9.53 Å². The third-order valence-electron chi connectivity index (χ3n) is 2.80. The number of benzene rings is 1. The molecule has 0 aliphatic carbocycles. The number of phenols is 1. The summed E-state index contributed by atoms with van der Waals surface area (Å²) >= 11 is 0. The first kappa shape index (κ1) is 11.5. The van der Waals surface area contributed by atoms with Gasteiger partial charge >= 0.3 is 0 Å². The standard InChI is InChI=1S/C13H15NO3/c1-8(2)13(17-7-15)11-5-9(16)6-12-10(11)3-4-14-12/h3-8,13-14,16H,1-2H3. The van der Waals surface area contributed by atoms with Gasteiger partial charge in [0, 0.05) is 28.7 Å². The summed E-state index contributed by atoms with van der Waals surface area (Å²) in [6, 6.07) is 5.20. The van der Waals surface area contributed by atoms with Gasteiger partial charge in [0.15, 0.2) is 0 Å². The predicted octanol–water partition coefficient (Wildman–Crippen LogP) is 2.74. The fourth-order valence-corrected chi connectivity index (χ4v) is 2.06. The quantitative estimate of drug-likeness (QED) is 0.798. The molecule has 4 nitrogen and oxygen atoms in total. The molecule has 1 atom stereocenters. The molecule has 1 aromatic carbocycles. The highest BCUT2D eigenvalue weighted by molar-refractivity contribution is 5.85. The Morgan fingerprint density at radius 2 is 2.18 bits per heavy atom. The molecule has 0 fully saturated rings. The van der Waals surface area contributed by atoms with Gasteiger partial charge in [-0.2, -0.15) is 0 Å². The maximum Gasteiger partial charge on any atom is 0.293 e. The van der Waals surface area contributed by atoms with Gasteiger partial charge in [-0.05, 0) is 18.1 Å². The molecule has 2 rings (SSSR count). The Morgan fingerprint density at radius 1 is 1.41 bits per heavy atom. The monoisotopic (exact) mass is 233 g/mol. The van der Waals surface area contributed by atoms with Crippen molar-refractivity contribution in [3.05, 3.63) is 30.0 Å².